The van der Waals surface area contributed by atoms with E-state index in [9.17, 15) is 9.50 Å². The van der Waals surface area contributed by atoms with E-state index in [2.05, 4.69) is 20.2 Å². The molecule has 1 fully saturated rings. The van der Waals surface area contributed by atoms with Crippen LogP contribution in [0.15, 0.2) is 36.4 Å². The normalized spacial score (nSPS) is 16.2. The third-order valence-corrected chi connectivity index (χ3v) is 4.15. The molecule has 0 saturated carbocycles. The van der Waals surface area contributed by atoms with Crippen molar-refractivity contribution in [3.8, 4) is 11.4 Å². The second-order valence-electron chi connectivity index (χ2n) is 5.68. The highest BCUT2D eigenvalue weighted by molar-refractivity contribution is 5.60. The molecule has 6 nitrogen and oxygen atoms in total. The highest BCUT2D eigenvalue weighted by Crippen LogP contribution is 2.23. The summed E-state index contributed by atoms with van der Waals surface area (Å²) >= 11 is 0. The summed E-state index contributed by atoms with van der Waals surface area (Å²) in [5.41, 5.74) is 0.947. The van der Waals surface area contributed by atoms with Crippen LogP contribution in [0, 0.1) is 5.82 Å². The minimum absolute atomic E-state index is 0.237. The van der Waals surface area contributed by atoms with Crippen molar-refractivity contribution in [3.05, 3.63) is 42.2 Å². The number of fused-ring (bicyclic) bond motifs is 1. The van der Waals surface area contributed by atoms with Gasteiger partial charge < -0.3 is 10.0 Å². The van der Waals surface area contributed by atoms with Crippen molar-refractivity contribution in [2.24, 2.45) is 0 Å². The number of benzene rings is 1. The van der Waals surface area contributed by atoms with Crippen LogP contribution in [-0.2, 0) is 0 Å². The first-order valence-corrected chi connectivity index (χ1v) is 7.63. The molecule has 23 heavy (non-hydrogen) atoms. The molecule has 1 aromatic carbocycles. The molecular formula is C16H16FN5O. The maximum Gasteiger partial charge on any atom is 0.188 e. The summed E-state index contributed by atoms with van der Waals surface area (Å²) in [7, 11) is 0. The van der Waals surface area contributed by atoms with Crippen LogP contribution in [0.3, 0.4) is 0 Å². The number of anilines is 1. The Bertz CT molecular complexity index is 841. The predicted octanol–water partition coefficient (Wildman–Crippen LogP) is 1.89. The Morgan fingerprint density at radius 2 is 1.83 bits per heavy atom. The summed E-state index contributed by atoms with van der Waals surface area (Å²) in [6, 6.07) is 10.2. The lowest BCUT2D eigenvalue weighted by Gasteiger charge is -2.30. The van der Waals surface area contributed by atoms with Crippen molar-refractivity contribution in [2.75, 3.05) is 18.0 Å². The fourth-order valence-electron chi connectivity index (χ4n) is 2.85. The van der Waals surface area contributed by atoms with E-state index in [1.54, 1.807) is 22.7 Å². The van der Waals surface area contributed by atoms with E-state index in [1.165, 1.54) is 6.07 Å². The van der Waals surface area contributed by atoms with E-state index >= 15 is 0 Å². The Labute approximate surface area is 132 Å². The minimum Gasteiger partial charge on any atom is -0.393 e. The third-order valence-electron chi connectivity index (χ3n) is 4.15. The van der Waals surface area contributed by atoms with Crippen LogP contribution in [0.5, 0.6) is 0 Å². The van der Waals surface area contributed by atoms with Crippen LogP contribution in [-0.4, -0.2) is 44.1 Å². The van der Waals surface area contributed by atoms with Gasteiger partial charge in [-0.05, 0) is 37.1 Å². The molecule has 1 aliphatic rings. The molecule has 3 heterocycles. The standard InChI is InChI=1S/C16H16FN5O/c17-13-4-2-1-3-12(13)16-19-18-14-5-6-15(20-22(14)16)21-9-7-11(23)8-10-21/h1-6,11,23H,7-10H2. The smallest absolute Gasteiger partial charge is 0.188 e. The number of aliphatic hydroxyl groups is 1. The fourth-order valence-corrected chi connectivity index (χ4v) is 2.85. The summed E-state index contributed by atoms with van der Waals surface area (Å²) < 4.78 is 15.6. The molecule has 2 aromatic heterocycles. The monoisotopic (exact) mass is 313 g/mol. The van der Waals surface area contributed by atoms with Gasteiger partial charge in [-0.15, -0.1) is 15.3 Å². The summed E-state index contributed by atoms with van der Waals surface area (Å²) in [6.45, 7) is 1.49. The topological polar surface area (TPSA) is 66.5 Å². The molecule has 3 aromatic rings. The number of aromatic nitrogens is 4. The molecule has 1 saturated heterocycles. The zero-order chi connectivity index (χ0) is 15.8. The van der Waals surface area contributed by atoms with Crippen LogP contribution in [0.25, 0.3) is 17.0 Å². The Morgan fingerprint density at radius 1 is 1.04 bits per heavy atom. The summed E-state index contributed by atoms with van der Waals surface area (Å²) in [5, 5.41) is 22.3. The average Bonchev–Trinajstić information content (AvgIpc) is 2.99. The van der Waals surface area contributed by atoms with Crippen LogP contribution >= 0.6 is 0 Å². The summed E-state index contributed by atoms with van der Waals surface area (Å²) in [5.74, 6) is 0.814. The maximum atomic E-state index is 14.0. The first-order valence-electron chi connectivity index (χ1n) is 7.63. The summed E-state index contributed by atoms with van der Waals surface area (Å²) in [6.07, 6.45) is 1.21. The lowest BCUT2D eigenvalue weighted by molar-refractivity contribution is 0.145. The van der Waals surface area contributed by atoms with Crippen molar-refractivity contribution in [2.45, 2.75) is 18.9 Å². The van der Waals surface area contributed by atoms with Crippen LogP contribution in [0.1, 0.15) is 12.8 Å². The third kappa shape index (κ3) is 2.53. The van der Waals surface area contributed by atoms with Gasteiger partial charge in [0.25, 0.3) is 0 Å². The molecule has 0 atom stereocenters. The van der Waals surface area contributed by atoms with Gasteiger partial charge in [0.1, 0.15) is 11.6 Å². The van der Waals surface area contributed by atoms with E-state index in [0.717, 1.165) is 31.7 Å². The lowest BCUT2D eigenvalue weighted by Crippen LogP contribution is -2.36. The second-order valence-corrected chi connectivity index (χ2v) is 5.68. The van der Waals surface area contributed by atoms with Gasteiger partial charge in [0.2, 0.25) is 0 Å². The van der Waals surface area contributed by atoms with Crippen LogP contribution in [0.2, 0.25) is 0 Å². The van der Waals surface area contributed by atoms with Gasteiger partial charge in [0, 0.05) is 13.1 Å². The molecule has 0 spiro atoms. The molecule has 4 rings (SSSR count). The number of nitrogens with zero attached hydrogens (tertiary/aromatic N) is 5. The molecule has 1 N–H and O–H groups in total. The minimum atomic E-state index is -0.352. The van der Waals surface area contributed by atoms with E-state index in [4.69, 9.17) is 0 Å². The first kappa shape index (κ1) is 14.1. The van der Waals surface area contributed by atoms with Crippen LogP contribution < -0.4 is 4.90 Å². The van der Waals surface area contributed by atoms with Gasteiger partial charge in [-0.25, -0.2) is 4.39 Å². The largest absolute Gasteiger partial charge is 0.393 e. The van der Waals surface area contributed by atoms with Crippen molar-refractivity contribution in [3.63, 3.8) is 0 Å². The van der Waals surface area contributed by atoms with Gasteiger partial charge in [0.05, 0.1) is 11.7 Å². The number of hydrogen-bond donors (Lipinski definition) is 1. The Kier molecular flexibility index (Phi) is 3.42. The van der Waals surface area contributed by atoms with Gasteiger partial charge in [-0.2, -0.15) is 4.52 Å². The molecule has 0 radical (unpaired) electrons. The highest BCUT2D eigenvalue weighted by atomic mass is 19.1. The summed E-state index contributed by atoms with van der Waals surface area (Å²) in [4.78, 5) is 2.11. The number of piperidine rings is 1. The maximum absolute atomic E-state index is 14.0. The molecule has 7 heteroatoms. The quantitative estimate of drug-likeness (QED) is 0.782. The average molecular weight is 313 g/mol. The first-order chi connectivity index (χ1) is 11.2. The molecule has 0 aliphatic carbocycles. The zero-order valence-electron chi connectivity index (χ0n) is 12.4. The predicted molar refractivity (Wildman–Crippen MR) is 83.6 cm³/mol. The number of hydrogen-bond acceptors (Lipinski definition) is 5. The van der Waals surface area contributed by atoms with Crippen molar-refractivity contribution in [1.29, 1.82) is 0 Å². The molecule has 0 unspecified atom stereocenters. The highest BCUT2D eigenvalue weighted by Gasteiger charge is 2.20. The fraction of sp³-hybridized carbons (Fsp3) is 0.312. The zero-order valence-corrected chi connectivity index (χ0v) is 12.4. The van der Waals surface area contributed by atoms with E-state index in [-0.39, 0.29) is 11.9 Å². The van der Waals surface area contributed by atoms with Gasteiger partial charge in [-0.3, -0.25) is 0 Å². The lowest BCUT2D eigenvalue weighted by atomic mass is 10.1. The van der Waals surface area contributed by atoms with Gasteiger partial charge >= 0.3 is 0 Å². The van der Waals surface area contributed by atoms with Crippen molar-refractivity contribution in [1.82, 2.24) is 19.8 Å². The Morgan fingerprint density at radius 3 is 2.61 bits per heavy atom. The SMILES string of the molecule is OC1CCN(c2ccc3nnc(-c4ccccc4F)n3n2)CC1. The Balaban J connectivity index is 1.76. The number of rotatable bonds is 2. The van der Waals surface area contributed by atoms with Crippen molar-refractivity contribution >= 4 is 11.5 Å². The molecule has 0 bridgehead atoms. The molecule has 1 aliphatic heterocycles. The van der Waals surface area contributed by atoms with Gasteiger partial charge in [-0.1, -0.05) is 12.1 Å². The Hall–Kier alpha value is -2.54. The molecular weight excluding hydrogens is 297 g/mol. The molecule has 0 amide bonds. The van der Waals surface area contributed by atoms with E-state index < -0.39 is 0 Å². The van der Waals surface area contributed by atoms with E-state index in [0.29, 0.717) is 17.0 Å². The van der Waals surface area contributed by atoms with Crippen molar-refractivity contribution < 1.29 is 9.50 Å². The van der Waals surface area contributed by atoms with E-state index in [1.807, 2.05) is 12.1 Å². The van der Waals surface area contributed by atoms with Gasteiger partial charge in [0.15, 0.2) is 11.5 Å². The number of aliphatic hydroxyl groups excluding tert-OH is 1. The van der Waals surface area contributed by atoms with Crippen LogP contribution in [0.4, 0.5) is 10.2 Å². The second kappa shape index (κ2) is 5.58. The molecule has 118 valence electrons. The number of halogens is 1.